The third kappa shape index (κ3) is 4.41. The van der Waals surface area contributed by atoms with Gasteiger partial charge >= 0.3 is 0 Å². The van der Waals surface area contributed by atoms with Gasteiger partial charge in [0.1, 0.15) is 4.87 Å². The maximum absolute atomic E-state index is 2.66. The average Bonchev–Trinajstić information content (AvgIpc) is 3.31. The van der Waals surface area contributed by atoms with Crippen molar-refractivity contribution in [2.45, 2.75) is 49.0 Å². The summed E-state index contributed by atoms with van der Waals surface area (Å²) in [6.07, 6.45) is 7.46. The van der Waals surface area contributed by atoms with Crippen molar-refractivity contribution >= 4 is 34.5 Å². The van der Waals surface area contributed by atoms with Crippen LogP contribution in [0.25, 0.3) is 5.70 Å². The summed E-state index contributed by atoms with van der Waals surface area (Å²) >= 11 is 2.02. The number of anilines is 3. The van der Waals surface area contributed by atoms with E-state index in [1.54, 1.807) is 0 Å². The van der Waals surface area contributed by atoms with Crippen molar-refractivity contribution in [1.29, 1.82) is 0 Å². The van der Waals surface area contributed by atoms with E-state index in [4.69, 9.17) is 0 Å². The lowest BCUT2D eigenvalue weighted by molar-refractivity contribution is 0.197. The molecule has 0 saturated carbocycles. The van der Waals surface area contributed by atoms with E-state index >= 15 is 0 Å². The smallest absolute Gasteiger partial charge is 0.107 e. The Labute approximate surface area is 248 Å². The van der Waals surface area contributed by atoms with Gasteiger partial charge < -0.3 is 9.80 Å². The van der Waals surface area contributed by atoms with Crippen LogP contribution < -0.4 is 9.80 Å². The predicted octanol–water partition coefficient (Wildman–Crippen LogP) is 9.07. The van der Waals surface area contributed by atoms with Gasteiger partial charge in [-0.1, -0.05) is 104 Å². The van der Waals surface area contributed by atoms with Crippen LogP contribution in [0.2, 0.25) is 0 Å². The zero-order valence-electron chi connectivity index (χ0n) is 24.1. The molecule has 0 aliphatic carbocycles. The minimum Gasteiger partial charge on any atom is -0.354 e. The second-order valence-electron chi connectivity index (χ2n) is 11.3. The summed E-state index contributed by atoms with van der Waals surface area (Å²) in [5.41, 5.74) is 8.96. The Morgan fingerprint density at radius 3 is 2.22 bits per heavy atom. The Morgan fingerprint density at radius 1 is 0.756 bits per heavy atom. The first-order chi connectivity index (χ1) is 20.1. The number of fused-ring (bicyclic) bond motifs is 7. The maximum atomic E-state index is 2.66. The molecule has 8 rings (SSSR count). The topological polar surface area (TPSA) is 9.72 Å². The summed E-state index contributed by atoms with van der Waals surface area (Å²) < 4.78 is 0. The molecule has 3 nitrogen and oxygen atoms in total. The van der Waals surface area contributed by atoms with Gasteiger partial charge in [-0.2, -0.15) is 0 Å². The van der Waals surface area contributed by atoms with Crippen LogP contribution in [0.15, 0.2) is 126 Å². The fraction of sp³-hybridized carbons (Fsp3) is 0.243. The Kier molecular flexibility index (Phi) is 6.76. The number of thioether (sulfide) groups is 1. The van der Waals surface area contributed by atoms with Gasteiger partial charge in [-0.3, -0.25) is 4.90 Å². The Hall–Kier alpha value is -3.73. The van der Waals surface area contributed by atoms with Crippen LogP contribution in [0.3, 0.4) is 0 Å². The lowest BCUT2D eigenvalue weighted by Gasteiger charge is -2.46. The highest BCUT2D eigenvalue weighted by Crippen LogP contribution is 2.53. The van der Waals surface area contributed by atoms with Crippen molar-refractivity contribution in [3.8, 4) is 0 Å². The summed E-state index contributed by atoms with van der Waals surface area (Å²) in [4.78, 5) is 8.95. The molecule has 4 heterocycles. The Bertz CT molecular complexity index is 1610. The summed E-state index contributed by atoms with van der Waals surface area (Å²) in [6.45, 7) is 9.91. The molecule has 0 N–H and O–H groups in total. The van der Waals surface area contributed by atoms with Gasteiger partial charge in [0.2, 0.25) is 0 Å². The molecule has 206 valence electrons. The van der Waals surface area contributed by atoms with Gasteiger partial charge in [0, 0.05) is 29.6 Å². The zero-order chi connectivity index (χ0) is 28.0. The molecule has 4 heteroatoms. The van der Waals surface area contributed by atoms with Gasteiger partial charge in [0.25, 0.3) is 0 Å². The van der Waals surface area contributed by atoms with Crippen molar-refractivity contribution in [3.63, 3.8) is 0 Å². The SMILES string of the molecule is CCN1Cc2ccc(cc2)C2=CC(/C=C/C1C1(C)Sc3ccccc3N1CC)c1ccccc1N2c1ccccc1. The van der Waals surface area contributed by atoms with E-state index in [1.165, 1.54) is 44.3 Å². The molecule has 4 aromatic rings. The number of nitrogens with zero attached hydrogens (tertiary/aromatic N) is 3. The minimum atomic E-state index is -0.133. The molecule has 4 aromatic carbocycles. The summed E-state index contributed by atoms with van der Waals surface area (Å²) in [5, 5.41) is 0. The predicted molar refractivity (Wildman–Crippen MR) is 175 cm³/mol. The zero-order valence-corrected chi connectivity index (χ0v) is 24.9. The van der Waals surface area contributed by atoms with Gasteiger partial charge in [-0.25, -0.2) is 0 Å². The lowest BCUT2D eigenvalue weighted by atomic mass is 9.87. The van der Waals surface area contributed by atoms with Crippen LogP contribution in [0.4, 0.5) is 17.1 Å². The van der Waals surface area contributed by atoms with Crippen LogP contribution in [-0.2, 0) is 6.54 Å². The van der Waals surface area contributed by atoms with Crippen LogP contribution in [0.1, 0.15) is 43.4 Å². The number of benzene rings is 4. The maximum Gasteiger partial charge on any atom is 0.107 e. The molecule has 4 aliphatic rings. The molecule has 0 fully saturated rings. The average molecular weight is 556 g/mol. The van der Waals surface area contributed by atoms with E-state index < -0.39 is 0 Å². The molecule has 0 saturated heterocycles. The van der Waals surface area contributed by atoms with Crippen molar-refractivity contribution in [3.05, 3.63) is 138 Å². The molecule has 3 atom stereocenters. The first kappa shape index (κ1) is 26.2. The number of likely N-dealkylation sites (N-methyl/N-ethyl adjacent to an activating group) is 2. The molecular weight excluding hydrogens is 518 g/mol. The van der Waals surface area contributed by atoms with Crippen molar-refractivity contribution in [2.75, 3.05) is 22.9 Å². The molecule has 41 heavy (non-hydrogen) atoms. The molecule has 0 amide bonds. The van der Waals surface area contributed by atoms with Gasteiger partial charge in [-0.15, -0.1) is 0 Å². The van der Waals surface area contributed by atoms with Gasteiger partial charge in [-0.05, 0) is 73.5 Å². The van der Waals surface area contributed by atoms with E-state index in [-0.39, 0.29) is 16.8 Å². The minimum absolute atomic E-state index is 0.133. The summed E-state index contributed by atoms with van der Waals surface area (Å²) in [7, 11) is 0. The molecule has 4 bridgehead atoms. The fourth-order valence-electron chi connectivity index (χ4n) is 6.95. The lowest BCUT2D eigenvalue weighted by Crippen LogP contribution is -2.56. The third-order valence-corrected chi connectivity index (χ3v) is 10.4. The van der Waals surface area contributed by atoms with E-state index in [0.29, 0.717) is 0 Å². The molecule has 3 unspecified atom stereocenters. The summed E-state index contributed by atoms with van der Waals surface area (Å²) in [5.74, 6) is 0.175. The van der Waals surface area contributed by atoms with Crippen molar-refractivity contribution in [2.24, 2.45) is 0 Å². The Morgan fingerprint density at radius 2 is 1.46 bits per heavy atom. The van der Waals surface area contributed by atoms with E-state index in [2.05, 4.69) is 157 Å². The first-order valence-electron chi connectivity index (χ1n) is 14.8. The number of rotatable bonds is 4. The van der Waals surface area contributed by atoms with Crippen LogP contribution in [-0.4, -0.2) is 28.9 Å². The van der Waals surface area contributed by atoms with E-state index in [9.17, 15) is 0 Å². The summed E-state index contributed by atoms with van der Waals surface area (Å²) in [6, 6.07) is 38.1. The third-order valence-electron chi connectivity index (χ3n) is 8.94. The molecule has 4 aliphatic heterocycles. The second-order valence-corrected chi connectivity index (χ2v) is 12.7. The highest BCUT2D eigenvalue weighted by Gasteiger charge is 2.47. The molecule has 0 aromatic heterocycles. The monoisotopic (exact) mass is 555 g/mol. The standard InChI is InChI=1S/C37H37N3S/c1-4-38-26-27-19-21-28(22-20-27)34-25-29(31-15-9-10-16-32(31)40(34)30-13-7-6-8-14-30)23-24-36(38)37(3)39(5-2)33-17-11-12-18-35(33)41-37/h6-25,29,36H,4-5,26H2,1-3H3/b24-23+. The van der Waals surface area contributed by atoms with Gasteiger partial charge in [0.15, 0.2) is 0 Å². The largest absolute Gasteiger partial charge is 0.354 e. The first-order valence-corrected chi connectivity index (χ1v) is 15.7. The molecular formula is C37H37N3S. The van der Waals surface area contributed by atoms with Crippen LogP contribution in [0.5, 0.6) is 0 Å². The van der Waals surface area contributed by atoms with E-state index in [0.717, 1.165) is 19.6 Å². The quantitative estimate of drug-likeness (QED) is 0.232. The normalized spacial score (nSPS) is 24.2. The highest BCUT2D eigenvalue weighted by molar-refractivity contribution is 8.01. The Balaban J connectivity index is 1.40. The van der Waals surface area contributed by atoms with E-state index in [1.807, 2.05) is 11.8 Å². The number of allylic oxidation sites excluding steroid dienone is 2. The van der Waals surface area contributed by atoms with Crippen LogP contribution in [0, 0.1) is 0 Å². The van der Waals surface area contributed by atoms with Crippen molar-refractivity contribution < 1.29 is 0 Å². The number of para-hydroxylation sites is 3. The van der Waals surface area contributed by atoms with Gasteiger partial charge in [0.05, 0.1) is 23.1 Å². The van der Waals surface area contributed by atoms with Crippen molar-refractivity contribution in [1.82, 2.24) is 4.90 Å². The fourth-order valence-corrected chi connectivity index (χ4v) is 8.51. The number of hydrogen-bond donors (Lipinski definition) is 0. The number of hydrogen-bond acceptors (Lipinski definition) is 4. The molecule has 0 spiro atoms. The van der Waals surface area contributed by atoms with Crippen LogP contribution >= 0.6 is 11.8 Å². The second kappa shape index (κ2) is 10.6. The highest BCUT2D eigenvalue weighted by atomic mass is 32.2. The molecule has 0 radical (unpaired) electrons.